The van der Waals surface area contributed by atoms with Crippen molar-refractivity contribution in [2.75, 3.05) is 16.4 Å². The fraction of sp³-hybridized carbons (Fsp3) is 0.154. The van der Waals surface area contributed by atoms with E-state index in [0.717, 1.165) is 23.7 Å². The van der Waals surface area contributed by atoms with E-state index >= 15 is 0 Å². The van der Waals surface area contributed by atoms with Crippen LogP contribution in [0.3, 0.4) is 0 Å². The lowest BCUT2D eigenvalue weighted by molar-refractivity contribution is -0.136. The van der Waals surface area contributed by atoms with Gasteiger partial charge >= 0.3 is 12.2 Å². The molecule has 0 aliphatic carbocycles. The fourth-order valence-corrected chi connectivity index (χ4v) is 3.09. The largest absolute Gasteiger partial charge is 0.419 e. The highest BCUT2D eigenvalue weighted by Crippen LogP contribution is 2.39. The summed E-state index contributed by atoms with van der Waals surface area (Å²) in [5.41, 5.74) is -1.58. The first kappa shape index (κ1) is 18.4. The van der Waals surface area contributed by atoms with Gasteiger partial charge in [-0.05, 0) is 12.1 Å². The molecule has 5 nitrogen and oxygen atoms in total. The number of nitrogens with one attached hydrogen (secondary N) is 2. The number of benzene rings is 1. The SMILES string of the molecule is C#CCSc1nsc(NC(=O)Nc2cccc(Cl)c2C(F)(F)F)n1. The van der Waals surface area contributed by atoms with E-state index in [1.165, 1.54) is 17.8 Å². The molecule has 1 heterocycles. The zero-order valence-electron chi connectivity index (χ0n) is 11.6. The number of nitrogens with zero attached hydrogens (tertiary/aromatic N) is 2. The van der Waals surface area contributed by atoms with Gasteiger partial charge in [0, 0.05) is 11.5 Å². The van der Waals surface area contributed by atoms with Gasteiger partial charge in [-0.15, -0.1) is 6.42 Å². The Morgan fingerprint density at radius 3 is 2.83 bits per heavy atom. The van der Waals surface area contributed by atoms with E-state index in [1.54, 1.807) is 0 Å². The molecule has 2 aromatic rings. The van der Waals surface area contributed by atoms with Gasteiger partial charge < -0.3 is 5.32 Å². The number of amides is 2. The Morgan fingerprint density at radius 1 is 1.42 bits per heavy atom. The first-order valence-corrected chi connectivity index (χ1v) is 8.28. The van der Waals surface area contributed by atoms with E-state index in [0.29, 0.717) is 10.9 Å². The molecule has 0 atom stereocenters. The molecule has 2 N–H and O–H groups in total. The summed E-state index contributed by atoms with van der Waals surface area (Å²) >= 11 is 7.65. The van der Waals surface area contributed by atoms with Crippen LogP contribution >= 0.6 is 34.9 Å². The predicted molar refractivity (Wildman–Crippen MR) is 88.6 cm³/mol. The van der Waals surface area contributed by atoms with Crippen molar-refractivity contribution in [1.82, 2.24) is 9.36 Å². The molecule has 126 valence electrons. The van der Waals surface area contributed by atoms with Crippen LogP contribution in [0, 0.1) is 12.3 Å². The average Bonchev–Trinajstić information content (AvgIpc) is 2.91. The van der Waals surface area contributed by atoms with Crippen LogP contribution in [0.1, 0.15) is 5.56 Å². The third-order valence-electron chi connectivity index (χ3n) is 2.46. The number of hydrogen-bond acceptors (Lipinski definition) is 5. The molecular formula is C13H8ClF3N4OS2. The zero-order valence-corrected chi connectivity index (χ0v) is 14.0. The number of terminal acetylenes is 1. The molecule has 1 aromatic heterocycles. The maximum atomic E-state index is 13.0. The van der Waals surface area contributed by atoms with E-state index in [9.17, 15) is 18.0 Å². The van der Waals surface area contributed by atoms with E-state index in [-0.39, 0.29) is 5.13 Å². The second kappa shape index (κ2) is 7.74. The standard InChI is InChI=1S/C13H8ClF3N4OS2/c1-2-6-23-12-20-11(24-21-12)19-10(22)18-8-5-3-4-7(14)9(8)13(15,16)17/h1,3-5H,6H2,(H2,18,19,20,21,22). The van der Waals surface area contributed by atoms with Gasteiger partial charge in [0.05, 0.1) is 22.0 Å². The Bertz CT molecular complexity index is 788. The molecule has 0 unspecified atom stereocenters. The highest BCUT2D eigenvalue weighted by molar-refractivity contribution is 7.99. The molecule has 11 heteroatoms. The summed E-state index contributed by atoms with van der Waals surface area (Å²) in [6, 6.07) is 2.59. The molecule has 0 saturated carbocycles. The Hall–Kier alpha value is -1.96. The summed E-state index contributed by atoms with van der Waals surface area (Å²) in [7, 11) is 0. The van der Waals surface area contributed by atoms with Gasteiger partial charge in [0.25, 0.3) is 0 Å². The van der Waals surface area contributed by atoms with E-state index < -0.39 is 28.5 Å². The second-order valence-corrected chi connectivity index (χ2v) is 6.22. The van der Waals surface area contributed by atoms with E-state index in [2.05, 4.69) is 25.9 Å². The van der Waals surface area contributed by atoms with Gasteiger partial charge in [-0.1, -0.05) is 35.3 Å². The Morgan fingerprint density at radius 2 is 2.17 bits per heavy atom. The maximum Gasteiger partial charge on any atom is 0.419 e. The van der Waals surface area contributed by atoms with Crippen LogP contribution in [0.5, 0.6) is 0 Å². The zero-order chi connectivity index (χ0) is 17.7. The summed E-state index contributed by atoms with van der Waals surface area (Å²) < 4.78 is 43.0. The van der Waals surface area contributed by atoms with Gasteiger partial charge in [0.2, 0.25) is 10.3 Å². The van der Waals surface area contributed by atoms with Gasteiger partial charge in [-0.3, -0.25) is 5.32 Å². The van der Waals surface area contributed by atoms with Crippen molar-refractivity contribution >= 4 is 51.7 Å². The predicted octanol–water partition coefficient (Wildman–Crippen LogP) is 4.58. The van der Waals surface area contributed by atoms with Crippen molar-refractivity contribution in [2.24, 2.45) is 0 Å². The van der Waals surface area contributed by atoms with Crippen molar-refractivity contribution in [2.45, 2.75) is 11.3 Å². The summed E-state index contributed by atoms with van der Waals surface area (Å²) in [6.45, 7) is 0. The number of alkyl halides is 3. The summed E-state index contributed by atoms with van der Waals surface area (Å²) in [5, 5.41) is 4.39. The van der Waals surface area contributed by atoms with Crippen molar-refractivity contribution in [3.8, 4) is 12.3 Å². The Balaban J connectivity index is 2.09. The van der Waals surface area contributed by atoms with Crippen molar-refractivity contribution in [3.63, 3.8) is 0 Å². The number of rotatable bonds is 4. The summed E-state index contributed by atoms with van der Waals surface area (Å²) in [5.74, 6) is 2.75. The minimum absolute atomic E-state index is 0.127. The second-order valence-electron chi connectivity index (χ2n) is 4.11. The summed E-state index contributed by atoms with van der Waals surface area (Å²) in [6.07, 6.45) is 0.400. The lowest BCUT2D eigenvalue weighted by Crippen LogP contribution is -2.22. The molecule has 0 aliphatic heterocycles. The van der Waals surface area contributed by atoms with Crippen molar-refractivity contribution in [1.29, 1.82) is 0 Å². The van der Waals surface area contributed by atoms with Crippen LogP contribution in [0.15, 0.2) is 23.4 Å². The number of thioether (sulfide) groups is 1. The first-order valence-electron chi connectivity index (χ1n) is 6.15. The molecule has 0 spiro atoms. The third kappa shape index (κ3) is 4.77. The molecule has 2 amide bonds. The minimum atomic E-state index is -4.71. The topological polar surface area (TPSA) is 66.9 Å². The quantitative estimate of drug-likeness (QED) is 0.590. The average molecular weight is 393 g/mol. The van der Waals surface area contributed by atoms with Crippen LogP contribution < -0.4 is 10.6 Å². The van der Waals surface area contributed by atoms with Crippen molar-refractivity contribution in [3.05, 3.63) is 28.8 Å². The van der Waals surface area contributed by atoms with Crippen LogP contribution in [-0.4, -0.2) is 21.1 Å². The monoisotopic (exact) mass is 392 g/mol. The van der Waals surface area contributed by atoms with Crippen LogP contribution in [-0.2, 0) is 6.18 Å². The van der Waals surface area contributed by atoms with E-state index in [1.807, 2.05) is 0 Å². The number of carbonyl (C=O) groups excluding carboxylic acids is 1. The van der Waals surface area contributed by atoms with Crippen LogP contribution in [0.2, 0.25) is 5.02 Å². The van der Waals surface area contributed by atoms with Gasteiger partial charge in [0.1, 0.15) is 0 Å². The van der Waals surface area contributed by atoms with Gasteiger partial charge in [0.15, 0.2) is 0 Å². The van der Waals surface area contributed by atoms with Crippen molar-refractivity contribution < 1.29 is 18.0 Å². The third-order valence-corrected chi connectivity index (χ3v) is 4.27. The summed E-state index contributed by atoms with van der Waals surface area (Å²) in [4.78, 5) is 15.8. The molecule has 0 fully saturated rings. The number of urea groups is 1. The molecule has 1 aromatic carbocycles. The van der Waals surface area contributed by atoms with E-state index in [4.69, 9.17) is 18.0 Å². The highest BCUT2D eigenvalue weighted by atomic mass is 35.5. The molecule has 0 radical (unpaired) electrons. The lowest BCUT2D eigenvalue weighted by Gasteiger charge is -2.15. The smallest absolute Gasteiger partial charge is 0.307 e. The lowest BCUT2D eigenvalue weighted by atomic mass is 10.1. The number of hydrogen-bond donors (Lipinski definition) is 2. The minimum Gasteiger partial charge on any atom is -0.307 e. The number of anilines is 2. The molecule has 0 bridgehead atoms. The number of halogens is 4. The maximum absolute atomic E-state index is 13.0. The molecular weight excluding hydrogens is 385 g/mol. The van der Waals surface area contributed by atoms with Crippen LogP contribution in [0.25, 0.3) is 0 Å². The Kier molecular flexibility index (Phi) is 5.93. The first-order chi connectivity index (χ1) is 11.3. The molecule has 24 heavy (non-hydrogen) atoms. The highest BCUT2D eigenvalue weighted by Gasteiger charge is 2.36. The molecule has 0 saturated heterocycles. The number of carbonyl (C=O) groups is 1. The normalized spacial score (nSPS) is 11.0. The molecule has 2 rings (SSSR count). The number of aromatic nitrogens is 2. The Labute approximate surface area is 148 Å². The van der Waals surface area contributed by atoms with Gasteiger partial charge in [-0.2, -0.15) is 22.5 Å². The van der Waals surface area contributed by atoms with Crippen LogP contribution in [0.4, 0.5) is 28.8 Å². The molecule has 0 aliphatic rings. The van der Waals surface area contributed by atoms with Gasteiger partial charge in [-0.25, -0.2) is 4.79 Å². The fourth-order valence-electron chi connectivity index (χ4n) is 1.59.